The number of rotatable bonds is 3. The van der Waals surface area contributed by atoms with Crippen molar-refractivity contribution in [3.63, 3.8) is 0 Å². The minimum absolute atomic E-state index is 0.0642. The van der Waals surface area contributed by atoms with Crippen LogP contribution in [0, 0.1) is 0 Å². The van der Waals surface area contributed by atoms with Gasteiger partial charge in [-0.2, -0.15) is 5.10 Å². The lowest BCUT2D eigenvalue weighted by molar-refractivity contribution is -0.0446. The summed E-state index contributed by atoms with van der Waals surface area (Å²) in [6, 6.07) is -0.159. The number of halogens is 3. The first kappa shape index (κ1) is 18.2. The molecule has 0 unspecified atom stereocenters. The first-order valence-corrected chi connectivity index (χ1v) is 10.6. The molecule has 28 heavy (non-hydrogen) atoms. The summed E-state index contributed by atoms with van der Waals surface area (Å²) in [6.45, 7) is 0. The van der Waals surface area contributed by atoms with E-state index in [1.54, 1.807) is 4.68 Å². The van der Waals surface area contributed by atoms with E-state index in [0.29, 0.717) is 34.2 Å². The Morgan fingerprint density at radius 1 is 1.18 bits per heavy atom. The van der Waals surface area contributed by atoms with Crippen molar-refractivity contribution in [2.75, 3.05) is 0 Å². The van der Waals surface area contributed by atoms with E-state index in [1.807, 2.05) is 5.38 Å². The lowest BCUT2D eigenvalue weighted by atomic mass is 9.71. The lowest BCUT2D eigenvalue weighted by Crippen LogP contribution is -2.28. The standard InChI is InChI=1S/C18H18ClF2N5OS/c19-17-23-13(8-28-17)10-1-2-11(10)14-24-15-12(16(27)25-14)7-22-26(15)9-3-5-18(20,21)6-4-9/h7-11H,1-6H2,(H,24,25,27)/t10-,11-/m1/s1. The number of aromatic nitrogens is 5. The minimum Gasteiger partial charge on any atom is -0.310 e. The van der Waals surface area contributed by atoms with E-state index in [1.165, 1.54) is 17.5 Å². The number of alkyl halides is 2. The molecule has 3 heterocycles. The van der Waals surface area contributed by atoms with E-state index in [2.05, 4.69) is 15.1 Å². The summed E-state index contributed by atoms with van der Waals surface area (Å²) in [6.07, 6.45) is 3.68. The molecule has 3 aromatic heterocycles. The van der Waals surface area contributed by atoms with Crippen LogP contribution >= 0.6 is 22.9 Å². The maximum atomic E-state index is 13.5. The second kappa shape index (κ2) is 6.59. The van der Waals surface area contributed by atoms with Crippen LogP contribution in [0.4, 0.5) is 8.78 Å². The number of H-pyrrole nitrogens is 1. The van der Waals surface area contributed by atoms with Gasteiger partial charge in [-0.15, -0.1) is 11.3 Å². The van der Waals surface area contributed by atoms with Crippen molar-refractivity contribution in [3.8, 4) is 0 Å². The Balaban J connectivity index is 1.49. The second-order valence-corrected chi connectivity index (χ2v) is 9.12. The molecule has 0 aliphatic heterocycles. The van der Waals surface area contributed by atoms with Crippen LogP contribution in [0.15, 0.2) is 16.4 Å². The predicted octanol–water partition coefficient (Wildman–Crippen LogP) is 4.64. The van der Waals surface area contributed by atoms with Gasteiger partial charge in [0.2, 0.25) is 5.92 Å². The Bertz CT molecular complexity index is 1080. The Morgan fingerprint density at radius 2 is 1.93 bits per heavy atom. The third kappa shape index (κ3) is 3.04. The Morgan fingerprint density at radius 3 is 2.57 bits per heavy atom. The highest BCUT2D eigenvalue weighted by molar-refractivity contribution is 7.13. The summed E-state index contributed by atoms with van der Waals surface area (Å²) in [5, 5.41) is 6.66. The summed E-state index contributed by atoms with van der Waals surface area (Å²) in [5.74, 6) is -1.76. The molecule has 2 saturated carbocycles. The monoisotopic (exact) mass is 425 g/mol. The van der Waals surface area contributed by atoms with Crippen molar-refractivity contribution < 1.29 is 8.78 Å². The zero-order chi connectivity index (χ0) is 19.5. The number of fused-ring (bicyclic) bond motifs is 1. The SMILES string of the molecule is O=c1[nH]c([C@@H]2CC[C@H]2c2csc(Cl)n2)nc2c1cnn2C1CCC(F)(F)CC1. The van der Waals surface area contributed by atoms with E-state index >= 15 is 0 Å². The minimum atomic E-state index is -2.61. The number of nitrogens with zero attached hydrogens (tertiary/aromatic N) is 4. The van der Waals surface area contributed by atoms with E-state index < -0.39 is 5.92 Å². The van der Waals surface area contributed by atoms with E-state index in [4.69, 9.17) is 16.6 Å². The average molecular weight is 426 g/mol. The lowest BCUT2D eigenvalue weighted by Gasteiger charge is -2.34. The molecule has 2 fully saturated rings. The molecule has 0 amide bonds. The van der Waals surface area contributed by atoms with Gasteiger partial charge in [0.05, 0.1) is 17.9 Å². The fraction of sp³-hybridized carbons (Fsp3) is 0.556. The maximum absolute atomic E-state index is 13.5. The smallest absolute Gasteiger partial charge is 0.262 e. The van der Waals surface area contributed by atoms with Gasteiger partial charge in [-0.1, -0.05) is 11.6 Å². The molecule has 0 radical (unpaired) electrons. The van der Waals surface area contributed by atoms with Crippen molar-refractivity contribution in [1.82, 2.24) is 24.7 Å². The fourth-order valence-electron chi connectivity index (χ4n) is 4.28. The van der Waals surface area contributed by atoms with E-state index in [0.717, 1.165) is 18.5 Å². The quantitative estimate of drug-likeness (QED) is 0.663. The van der Waals surface area contributed by atoms with Crippen molar-refractivity contribution in [2.24, 2.45) is 0 Å². The molecule has 0 saturated heterocycles. The third-order valence-corrected chi connectivity index (χ3v) is 7.01. The molecule has 0 aromatic carbocycles. The molecule has 0 bridgehead atoms. The van der Waals surface area contributed by atoms with E-state index in [9.17, 15) is 13.6 Å². The van der Waals surface area contributed by atoms with Crippen LogP contribution in [0.1, 0.15) is 67.9 Å². The number of hydrogen-bond donors (Lipinski definition) is 1. The number of aromatic amines is 1. The summed E-state index contributed by atoms with van der Waals surface area (Å²) in [4.78, 5) is 24.6. The number of nitrogens with one attached hydrogen (secondary N) is 1. The highest BCUT2D eigenvalue weighted by Crippen LogP contribution is 2.48. The normalized spacial score (nSPS) is 25.1. The third-order valence-electron chi connectivity index (χ3n) is 6.01. The van der Waals surface area contributed by atoms with Crippen LogP contribution in [-0.2, 0) is 0 Å². The maximum Gasteiger partial charge on any atom is 0.262 e. The fourth-order valence-corrected chi connectivity index (χ4v) is 5.12. The molecule has 10 heteroatoms. The molecule has 2 aliphatic rings. The van der Waals surface area contributed by atoms with Crippen LogP contribution in [0.25, 0.3) is 11.0 Å². The van der Waals surface area contributed by atoms with Crippen LogP contribution in [-0.4, -0.2) is 30.7 Å². The van der Waals surface area contributed by atoms with Crippen LogP contribution in [0.2, 0.25) is 4.47 Å². The van der Waals surface area contributed by atoms with Crippen molar-refractivity contribution in [3.05, 3.63) is 37.9 Å². The zero-order valence-electron chi connectivity index (χ0n) is 14.9. The first-order valence-electron chi connectivity index (χ1n) is 9.37. The summed E-state index contributed by atoms with van der Waals surface area (Å²) in [7, 11) is 0. The Labute approximate surface area is 168 Å². The molecule has 5 rings (SSSR count). The van der Waals surface area contributed by atoms with Gasteiger partial charge in [0.25, 0.3) is 5.56 Å². The van der Waals surface area contributed by atoms with Gasteiger partial charge >= 0.3 is 0 Å². The van der Waals surface area contributed by atoms with Gasteiger partial charge in [-0.05, 0) is 25.7 Å². The van der Waals surface area contributed by atoms with Gasteiger partial charge in [0.1, 0.15) is 11.2 Å². The summed E-state index contributed by atoms with van der Waals surface area (Å²) in [5.41, 5.74) is 1.17. The number of thiazole rings is 1. The highest BCUT2D eigenvalue weighted by Gasteiger charge is 2.38. The predicted molar refractivity (Wildman–Crippen MR) is 102 cm³/mol. The number of hydrogen-bond acceptors (Lipinski definition) is 5. The van der Waals surface area contributed by atoms with Crippen LogP contribution in [0.5, 0.6) is 0 Å². The molecular weight excluding hydrogens is 408 g/mol. The van der Waals surface area contributed by atoms with Gasteiger partial charge in [0, 0.05) is 30.1 Å². The molecule has 0 spiro atoms. The van der Waals surface area contributed by atoms with Crippen molar-refractivity contribution in [1.29, 1.82) is 0 Å². The highest BCUT2D eigenvalue weighted by atomic mass is 35.5. The first-order chi connectivity index (χ1) is 13.4. The average Bonchev–Trinajstić information content (AvgIpc) is 3.21. The molecular formula is C18H18ClF2N5OS. The molecule has 3 aromatic rings. The molecule has 2 atom stereocenters. The molecule has 2 aliphatic carbocycles. The Kier molecular flexibility index (Phi) is 4.28. The van der Waals surface area contributed by atoms with Gasteiger partial charge in [-0.25, -0.2) is 23.4 Å². The molecule has 1 N–H and O–H groups in total. The zero-order valence-corrected chi connectivity index (χ0v) is 16.4. The Hall–Kier alpha value is -1.87. The van der Waals surface area contributed by atoms with Gasteiger partial charge < -0.3 is 4.98 Å². The molecule has 6 nitrogen and oxygen atoms in total. The largest absolute Gasteiger partial charge is 0.310 e. The van der Waals surface area contributed by atoms with Crippen LogP contribution in [0.3, 0.4) is 0 Å². The van der Waals surface area contributed by atoms with Gasteiger partial charge in [-0.3, -0.25) is 4.79 Å². The van der Waals surface area contributed by atoms with Gasteiger partial charge in [0.15, 0.2) is 10.1 Å². The van der Waals surface area contributed by atoms with Crippen LogP contribution < -0.4 is 5.56 Å². The topological polar surface area (TPSA) is 76.5 Å². The van der Waals surface area contributed by atoms with Crippen molar-refractivity contribution in [2.45, 2.75) is 62.3 Å². The molecule has 148 valence electrons. The van der Waals surface area contributed by atoms with Crippen molar-refractivity contribution >= 4 is 34.0 Å². The van der Waals surface area contributed by atoms with E-state index in [-0.39, 0.29) is 36.3 Å². The summed E-state index contributed by atoms with van der Waals surface area (Å²) < 4.78 is 29.2. The second-order valence-electron chi connectivity index (χ2n) is 7.68. The summed E-state index contributed by atoms with van der Waals surface area (Å²) >= 11 is 7.36.